The van der Waals surface area contributed by atoms with Crippen LogP contribution >= 0.6 is 11.6 Å². The van der Waals surface area contributed by atoms with Gasteiger partial charge >= 0.3 is 0 Å². The summed E-state index contributed by atoms with van der Waals surface area (Å²) < 4.78 is 11.2. The van der Waals surface area contributed by atoms with Crippen LogP contribution in [-0.4, -0.2) is 23.9 Å². The fourth-order valence-electron chi connectivity index (χ4n) is 2.04. The van der Waals surface area contributed by atoms with E-state index in [9.17, 15) is 5.11 Å². The molecule has 0 radical (unpaired) electrons. The van der Waals surface area contributed by atoms with Gasteiger partial charge in [0.15, 0.2) is 11.5 Å². The smallest absolute Gasteiger partial charge is 0.162 e. The van der Waals surface area contributed by atoms with Crippen molar-refractivity contribution in [1.82, 2.24) is 0 Å². The molecule has 1 aromatic carbocycles. The molecule has 3 nitrogen and oxygen atoms in total. The molecule has 0 unspecified atom stereocenters. The summed E-state index contributed by atoms with van der Waals surface area (Å²) in [6.07, 6.45) is 3.20. The number of fused-ring (bicyclic) bond motifs is 1. The van der Waals surface area contributed by atoms with E-state index in [1.54, 1.807) is 6.07 Å². The molecule has 2 aliphatic rings. The molecule has 0 amide bonds. The van der Waals surface area contributed by atoms with E-state index in [0.29, 0.717) is 30.4 Å². The Kier molecular flexibility index (Phi) is 2.68. The fourth-order valence-corrected chi connectivity index (χ4v) is 2.26. The van der Waals surface area contributed by atoms with Gasteiger partial charge < -0.3 is 14.6 Å². The van der Waals surface area contributed by atoms with Gasteiger partial charge in [0, 0.05) is 23.9 Å². The van der Waals surface area contributed by atoms with Gasteiger partial charge in [-0.1, -0.05) is 11.6 Å². The van der Waals surface area contributed by atoms with Crippen LogP contribution in [0.5, 0.6) is 11.5 Å². The highest BCUT2D eigenvalue weighted by atomic mass is 35.5. The van der Waals surface area contributed by atoms with Crippen LogP contribution in [0.3, 0.4) is 0 Å². The Morgan fingerprint density at radius 1 is 1.18 bits per heavy atom. The highest BCUT2D eigenvalue weighted by molar-refractivity contribution is 6.31. The predicted octanol–water partition coefficient (Wildman–Crippen LogP) is 2.57. The molecule has 0 aromatic heterocycles. The summed E-state index contributed by atoms with van der Waals surface area (Å²) in [5, 5.41) is 10.6. The standard InChI is InChI=1S/C13H15ClO3/c14-10-7-12-11(16-4-1-5-17-12)6-9(10)8-13(15)2-3-13/h6-7,15H,1-5,8H2. The quantitative estimate of drug-likeness (QED) is 0.882. The number of halogens is 1. The van der Waals surface area contributed by atoms with E-state index in [4.69, 9.17) is 21.1 Å². The molecule has 0 saturated heterocycles. The Labute approximate surface area is 105 Å². The number of rotatable bonds is 2. The second-order valence-corrected chi connectivity index (χ2v) is 5.25. The van der Waals surface area contributed by atoms with Crippen LogP contribution in [0.25, 0.3) is 0 Å². The second-order valence-electron chi connectivity index (χ2n) is 4.84. The van der Waals surface area contributed by atoms with Crippen molar-refractivity contribution in [2.75, 3.05) is 13.2 Å². The van der Waals surface area contributed by atoms with Gasteiger partial charge in [0.05, 0.1) is 18.8 Å². The SMILES string of the molecule is OC1(Cc2cc3c(cc2Cl)OCCCO3)CC1. The molecule has 1 N–H and O–H groups in total. The average molecular weight is 255 g/mol. The van der Waals surface area contributed by atoms with Gasteiger partial charge in [-0.15, -0.1) is 0 Å². The van der Waals surface area contributed by atoms with Crippen LogP contribution in [0.1, 0.15) is 24.8 Å². The molecule has 4 heteroatoms. The minimum atomic E-state index is -0.538. The highest BCUT2D eigenvalue weighted by Gasteiger charge is 2.40. The Morgan fingerprint density at radius 2 is 1.82 bits per heavy atom. The number of aliphatic hydroxyl groups is 1. The maximum absolute atomic E-state index is 9.94. The van der Waals surface area contributed by atoms with Gasteiger partial charge in [-0.2, -0.15) is 0 Å². The molecule has 17 heavy (non-hydrogen) atoms. The van der Waals surface area contributed by atoms with Gasteiger partial charge in [-0.25, -0.2) is 0 Å². The van der Waals surface area contributed by atoms with Crippen LogP contribution in [0, 0.1) is 0 Å². The van der Waals surface area contributed by atoms with E-state index in [-0.39, 0.29) is 0 Å². The van der Waals surface area contributed by atoms with Crippen LogP contribution in [0.2, 0.25) is 5.02 Å². The van der Waals surface area contributed by atoms with Crippen molar-refractivity contribution in [3.05, 3.63) is 22.7 Å². The first-order valence-electron chi connectivity index (χ1n) is 5.97. The molecule has 1 fully saturated rings. The van der Waals surface area contributed by atoms with E-state index in [2.05, 4.69) is 0 Å². The lowest BCUT2D eigenvalue weighted by Crippen LogP contribution is -2.11. The van der Waals surface area contributed by atoms with Crippen molar-refractivity contribution < 1.29 is 14.6 Å². The van der Waals surface area contributed by atoms with Gasteiger partial charge in [-0.3, -0.25) is 0 Å². The topological polar surface area (TPSA) is 38.7 Å². The highest BCUT2D eigenvalue weighted by Crippen LogP contribution is 2.42. The molecule has 92 valence electrons. The predicted molar refractivity (Wildman–Crippen MR) is 64.9 cm³/mol. The van der Waals surface area contributed by atoms with Gasteiger partial charge in [0.2, 0.25) is 0 Å². The van der Waals surface area contributed by atoms with E-state index in [1.807, 2.05) is 6.07 Å². The lowest BCUT2D eigenvalue weighted by Gasteiger charge is -2.13. The summed E-state index contributed by atoms with van der Waals surface area (Å²) in [6.45, 7) is 1.32. The number of hydrogen-bond donors (Lipinski definition) is 1. The first kappa shape index (κ1) is 11.2. The summed E-state index contributed by atoms with van der Waals surface area (Å²) in [7, 11) is 0. The molecule has 0 spiro atoms. The summed E-state index contributed by atoms with van der Waals surface area (Å²) in [6, 6.07) is 3.70. The molecule has 3 rings (SSSR count). The van der Waals surface area contributed by atoms with Gasteiger partial charge in [0.25, 0.3) is 0 Å². The van der Waals surface area contributed by atoms with E-state index in [1.165, 1.54) is 0 Å². The zero-order chi connectivity index (χ0) is 11.9. The molecular weight excluding hydrogens is 240 g/mol. The summed E-state index contributed by atoms with van der Waals surface area (Å²) in [5.41, 5.74) is 0.402. The maximum Gasteiger partial charge on any atom is 0.162 e. The minimum absolute atomic E-state index is 0.538. The molecule has 0 atom stereocenters. The number of hydrogen-bond acceptors (Lipinski definition) is 3. The summed E-state index contributed by atoms with van der Waals surface area (Å²) >= 11 is 6.20. The number of benzene rings is 1. The molecule has 0 bridgehead atoms. The normalized spacial score (nSPS) is 20.8. The average Bonchev–Trinajstić information content (AvgIpc) is 3.04. The van der Waals surface area contributed by atoms with Crippen molar-refractivity contribution in [3.63, 3.8) is 0 Å². The lowest BCUT2D eigenvalue weighted by molar-refractivity contribution is 0.151. The molecule has 1 aromatic rings. The second kappa shape index (κ2) is 4.07. The van der Waals surface area contributed by atoms with E-state index < -0.39 is 5.60 Å². The zero-order valence-electron chi connectivity index (χ0n) is 9.54. The third-order valence-electron chi connectivity index (χ3n) is 3.26. The monoisotopic (exact) mass is 254 g/mol. The van der Waals surface area contributed by atoms with Crippen molar-refractivity contribution >= 4 is 11.6 Å². The van der Waals surface area contributed by atoms with Gasteiger partial charge in [0.1, 0.15) is 0 Å². The van der Waals surface area contributed by atoms with E-state index >= 15 is 0 Å². The largest absolute Gasteiger partial charge is 0.490 e. The third-order valence-corrected chi connectivity index (χ3v) is 3.62. The number of ether oxygens (including phenoxy) is 2. The van der Waals surface area contributed by atoms with Crippen molar-refractivity contribution in [2.45, 2.75) is 31.3 Å². The Hall–Kier alpha value is -0.930. The zero-order valence-corrected chi connectivity index (χ0v) is 10.3. The maximum atomic E-state index is 9.94. The fraction of sp³-hybridized carbons (Fsp3) is 0.538. The summed E-state index contributed by atoms with van der Waals surface area (Å²) in [5.74, 6) is 1.45. The molecular formula is C13H15ClO3. The first-order valence-corrected chi connectivity index (χ1v) is 6.35. The van der Waals surface area contributed by atoms with Crippen molar-refractivity contribution in [2.24, 2.45) is 0 Å². The van der Waals surface area contributed by atoms with Crippen molar-refractivity contribution in [3.8, 4) is 11.5 Å². The first-order chi connectivity index (χ1) is 8.16. The minimum Gasteiger partial charge on any atom is -0.490 e. The molecule has 1 aliphatic heterocycles. The Bertz CT molecular complexity index is 441. The Balaban J connectivity index is 1.91. The molecule has 1 heterocycles. The van der Waals surface area contributed by atoms with E-state index in [0.717, 1.165) is 30.6 Å². The lowest BCUT2D eigenvalue weighted by atomic mass is 10.1. The Morgan fingerprint density at radius 3 is 2.47 bits per heavy atom. The molecule has 1 aliphatic carbocycles. The van der Waals surface area contributed by atoms with Crippen LogP contribution < -0.4 is 9.47 Å². The third kappa shape index (κ3) is 2.35. The van der Waals surface area contributed by atoms with Crippen LogP contribution in [0.15, 0.2) is 12.1 Å². The summed E-state index contributed by atoms with van der Waals surface area (Å²) in [4.78, 5) is 0. The van der Waals surface area contributed by atoms with Crippen LogP contribution in [-0.2, 0) is 6.42 Å². The van der Waals surface area contributed by atoms with Crippen LogP contribution in [0.4, 0.5) is 0 Å². The van der Waals surface area contributed by atoms with Crippen molar-refractivity contribution in [1.29, 1.82) is 0 Å². The molecule has 1 saturated carbocycles. The van der Waals surface area contributed by atoms with Gasteiger partial charge in [-0.05, 0) is 24.5 Å².